The second kappa shape index (κ2) is 3.42. The molecule has 1 aromatic carbocycles. The van der Waals surface area contributed by atoms with Gasteiger partial charge in [-0.25, -0.2) is 0 Å². The van der Waals surface area contributed by atoms with Crippen LogP contribution in [0.15, 0.2) is 48.1 Å². The quantitative estimate of drug-likeness (QED) is 0.667. The maximum atomic E-state index is 12.5. The van der Waals surface area contributed by atoms with Gasteiger partial charge in [0.15, 0.2) is 5.78 Å². The van der Waals surface area contributed by atoms with E-state index in [4.69, 9.17) is 0 Å². The van der Waals surface area contributed by atoms with Crippen molar-refractivity contribution in [3.63, 3.8) is 0 Å². The lowest BCUT2D eigenvalue weighted by Crippen LogP contribution is -2.39. The van der Waals surface area contributed by atoms with Gasteiger partial charge in [0.1, 0.15) is 0 Å². The molecule has 0 radical (unpaired) electrons. The summed E-state index contributed by atoms with van der Waals surface area (Å²) < 4.78 is 0. The van der Waals surface area contributed by atoms with Gasteiger partial charge in [0.05, 0.1) is 0 Å². The van der Waals surface area contributed by atoms with E-state index >= 15 is 0 Å². The van der Waals surface area contributed by atoms with E-state index in [1.807, 2.05) is 0 Å². The number of hydrogen-bond donors (Lipinski definition) is 0. The number of carbonyl (C=O) groups is 1. The van der Waals surface area contributed by atoms with Crippen LogP contribution in [0, 0.1) is 0 Å². The van der Waals surface area contributed by atoms with Gasteiger partial charge in [0.2, 0.25) is 0 Å². The van der Waals surface area contributed by atoms with Gasteiger partial charge in [-0.3, -0.25) is 4.79 Å². The molecule has 1 aromatic rings. The second-order valence-corrected chi connectivity index (χ2v) is 4.85. The summed E-state index contributed by atoms with van der Waals surface area (Å²) in [5.41, 5.74) is 4.13. The fourth-order valence-corrected chi connectivity index (χ4v) is 3.07. The number of carbonyl (C=O) groups excluding carboxylic acids is 1. The van der Waals surface area contributed by atoms with Gasteiger partial charge in [-0.2, -0.15) is 0 Å². The molecule has 3 aliphatic carbocycles. The predicted molar refractivity (Wildman–Crippen MR) is 73.0 cm³/mol. The molecule has 0 saturated carbocycles. The average Bonchev–Trinajstić information content (AvgIpc) is 2.44. The molecule has 0 fully saturated rings. The standard InChI is InChI=1S/C17H12O/c18-17-14-8-2-1-7-12(14)13-9-3-5-11-6-4-10-15(17)16(11)13/h1,3-9H,2,10H2. The van der Waals surface area contributed by atoms with Crippen molar-refractivity contribution in [1.82, 2.24) is 0 Å². The van der Waals surface area contributed by atoms with Crippen LogP contribution in [0.4, 0.5) is 0 Å². The lowest BCUT2D eigenvalue weighted by molar-refractivity contribution is -0.110. The van der Waals surface area contributed by atoms with Crippen LogP contribution in [-0.4, -0.2) is 5.78 Å². The van der Waals surface area contributed by atoms with Crippen LogP contribution < -0.4 is 10.4 Å². The fraction of sp³-hybridized carbons (Fsp3) is 0.118. The first kappa shape index (κ1) is 9.84. The largest absolute Gasteiger partial charge is 0.289 e. The minimum absolute atomic E-state index is 0.221. The Morgan fingerprint density at radius 1 is 1.06 bits per heavy atom. The van der Waals surface area contributed by atoms with Gasteiger partial charge in [0.25, 0.3) is 0 Å². The summed E-state index contributed by atoms with van der Waals surface area (Å²) in [6.07, 6.45) is 12.1. The maximum absolute atomic E-state index is 12.5. The molecule has 0 bridgehead atoms. The SMILES string of the molecule is O=C1C2=CCC=CC2=c2cccc3c2=C1CC=C3. The van der Waals surface area contributed by atoms with Crippen LogP contribution in [0.3, 0.4) is 0 Å². The first-order valence-corrected chi connectivity index (χ1v) is 6.31. The summed E-state index contributed by atoms with van der Waals surface area (Å²) in [5, 5.41) is 2.37. The van der Waals surface area contributed by atoms with Crippen molar-refractivity contribution >= 4 is 23.0 Å². The Morgan fingerprint density at radius 2 is 2.00 bits per heavy atom. The normalized spacial score (nSPS) is 19.6. The lowest BCUT2D eigenvalue weighted by Gasteiger charge is -2.21. The smallest absolute Gasteiger partial charge is 0.190 e. The summed E-state index contributed by atoms with van der Waals surface area (Å²) in [6, 6.07) is 6.29. The molecule has 0 atom stereocenters. The molecule has 18 heavy (non-hydrogen) atoms. The zero-order chi connectivity index (χ0) is 12.1. The molecule has 0 amide bonds. The number of hydrogen-bond acceptors (Lipinski definition) is 1. The van der Waals surface area contributed by atoms with E-state index in [1.165, 1.54) is 10.8 Å². The number of fused-ring (bicyclic) bond motifs is 1. The lowest BCUT2D eigenvalue weighted by atomic mass is 9.81. The Labute approximate surface area is 105 Å². The van der Waals surface area contributed by atoms with Crippen molar-refractivity contribution in [3.8, 4) is 0 Å². The van der Waals surface area contributed by atoms with Crippen molar-refractivity contribution in [2.75, 3.05) is 0 Å². The highest BCUT2D eigenvalue weighted by Crippen LogP contribution is 2.27. The van der Waals surface area contributed by atoms with E-state index in [0.29, 0.717) is 0 Å². The molecule has 0 saturated heterocycles. The molecule has 0 spiro atoms. The van der Waals surface area contributed by atoms with Gasteiger partial charge in [-0.1, -0.05) is 48.6 Å². The third-order valence-electron chi connectivity index (χ3n) is 3.86. The second-order valence-electron chi connectivity index (χ2n) is 4.85. The van der Waals surface area contributed by atoms with Crippen LogP contribution in [0.1, 0.15) is 18.4 Å². The summed E-state index contributed by atoms with van der Waals surface area (Å²) in [6.45, 7) is 0. The van der Waals surface area contributed by atoms with Crippen LogP contribution in [0.5, 0.6) is 0 Å². The summed E-state index contributed by atoms with van der Waals surface area (Å²) in [4.78, 5) is 12.5. The monoisotopic (exact) mass is 232 g/mol. The Bertz CT molecular complexity index is 785. The molecule has 4 rings (SSSR count). The molecule has 0 unspecified atom stereocenters. The number of rotatable bonds is 0. The number of benzene rings is 1. The highest BCUT2D eigenvalue weighted by Gasteiger charge is 2.25. The van der Waals surface area contributed by atoms with Gasteiger partial charge in [0, 0.05) is 11.1 Å². The van der Waals surface area contributed by atoms with Crippen LogP contribution in [-0.2, 0) is 4.79 Å². The molecule has 86 valence electrons. The van der Waals surface area contributed by atoms with Crippen molar-refractivity contribution in [2.45, 2.75) is 12.8 Å². The van der Waals surface area contributed by atoms with Crippen LogP contribution >= 0.6 is 0 Å². The minimum atomic E-state index is 0.221. The Balaban J connectivity index is 2.29. The molecule has 1 heteroatoms. The van der Waals surface area contributed by atoms with Crippen molar-refractivity contribution in [3.05, 3.63) is 64.1 Å². The van der Waals surface area contributed by atoms with E-state index in [2.05, 4.69) is 48.6 Å². The molecule has 1 nitrogen and oxygen atoms in total. The zero-order valence-corrected chi connectivity index (χ0v) is 9.94. The molecule has 0 heterocycles. The molecule has 0 aromatic heterocycles. The highest BCUT2D eigenvalue weighted by atomic mass is 16.1. The fourth-order valence-electron chi connectivity index (χ4n) is 3.07. The molecule has 3 aliphatic rings. The zero-order valence-electron chi connectivity index (χ0n) is 9.94. The first-order valence-electron chi connectivity index (χ1n) is 6.31. The third kappa shape index (κ3) is 1.14. The Hall–Kier alpha value is -2.15. The average molecular weight is 232 g/mol. The van der Waals surface area contributed by atoms with E-state index in [-0.39, 0.29) is 5.78 Å². The highest BCUT2D eigenvalue weighted by molar-refractivity contribution is 6.31. The number of Topliss-reactive ketones (excluding diaryl/α,β-unsaturated/α-hetero) is 1. The minimum Gasteiger partial charge on any atom is -0.289 e. The van der Waals surface area contributed by atoms with Gasteiger partial charge in [-0.15, -0.1) is 0 Å². The van der Waals surface area contributed by atoms with Gasteiger partial charge >= 0.3 is 0 Å². The van der Waals surface area contributed by atoms with E-state index < -0.39 is 0 Å². The maximum Gasteiger partial charge on any atom is 0.190 e. The predicted octanol–water partition coefficient (Wildman–Crippen LogP) is 1.87. The van der Waals surface area contributed by atoms with Crippen molar-refractivity contribution in [1.29, 1.82) is 0 Å². The number of ketones is 1. The third-order valence-corrected chi connectivity index (χ3v) is 3.86. The molecule has 0 N–H and O–H groups in total. The number of allylic oxidation sites excluding steroid dienone is 5. The topological polar surface area (TPSA) is 17.1 Å². The van der Waals surface area contributed by atoms with Gasteiger partial charge in [-0.05, 0) is 34.4 Å². The van der Waals surface area contributed by atoms with Crippen molar-refractivity contribution < 1.29 is 4.79 Å². The van der Waals surface area contributed by atoms with Gasteiger partial charge < -0.3 is 0 Å². The molecular weight excluding hydrogens is 220 g/mol. The van der Waals surface area contributed by atoms with Crippen molar-refractivity contribution in [2.24, 2.45) is 0 Å². The molecule has 0 aliphatic heterocycles. The first-order chi connectivity index (χ1) is 8.86. The van der Waals surface area contributed by atoms with Crippen LogP contribution in [0.2, 0.25) is 0 Å². The van der Waals surface area contributed by atoms with E-state index in [1.54, 1.807) is 0 Å². The Kier molecular flexibility index (Phi) is 1.87. The summed E-state index contributed by atoms with van der Waals surface area (Å²) in [7, 11) is 0. The van der Waals surface area contributed by atoms with E-state index in [9.17, 15) is 4.79 Å². The summed E-state index contributed by atoms with van der Waals surface area (Å²) >= 11 is 0. The molecular formula is C17H12O. The summed E-state index contributed by atoms with van der Waals surface area (Å²) in [5.74, 6) is 0.221. The van der Waals surface area contributed by atoms with Crippen LogP contribution in [0.25, 0.3) is 17.2 Å². The van der Waals surface area contributed by atoms with E-state index in [0.717, 1.165) is 34.8 Å². The Morgan fingerprint density at radius 3 is 2.94 bits per heavy atom.